The van der Waals surface area contributed by atoms with E-state index in [4.69, 9.17) is 9.47 Å². The number of esters is 1. The Morgan fingerprint density at radius 3 is 2.33 bits per heavy atom. The van der Waals surface area contributed by atoms with Gasteiger partial charge in [-0.2, -0.15) is 0 Å². The third kappa shape index (κ3) is 1.37. The number of epoxide rings is 1. The van der Waals surface area contributed by atoms with Gasteiger partial charge >= 0.3 is 5.97 Å². The highest BCUT2D eigenvalue weighted by Gasteiger charge is 3.10. The zero-order chi connectivity index (χ0) is 20.3. The van der Waals surface area contributed by atoms with Crippen LogP contribution in [0.5, 0.6) is 0 Å². The molecule has 4 aliphatic carbocycles. The normalized spacial score (nSPS) is 45.4. The van der Waals surface area contributed by atoms with Crippen molar-refractivity contribution in [1.82, 2.24) is 0 Å². The van der Waals surface area contributed by atoms with Gasteiger partial charge in [0.1, 0.15) is 29.7 Å². The molecule has 0 amide bonds. The molecule has 0 N–H and O–H groups in total. The molecule has 8 rings (SSSR count). The van der Waals surface area contributed by atoms with Gasteiger partial charge in [-0.3, -0.25) is 4.79 Å². The van der Waals surface area contributed by atoms with Crippen molar-refractivity contribution in [2.75, 3.05) is 14.1 Å². The molecule has 4 nitrogen and oxygen atoms in total. The van der Waals surface area contributed by atoms with Gasteiger partial charge in [0.25, 0.3) is 0 Å². The van der Waals surface area contributed by atoms with Crippen molar-refractivity contribution < 1.29 is 18.8 Å². The molecule has 2 aromatic rings. The number of fused-ring (bicyclic) bond motifs is 4. The SMILES string of the molecule is CC1(C(=O)O[C@H]2CC3C4(C2)C2C5O[C@@]52C4[N+]3(C)C)c2ccccc2-c2ccccc21. The fraction of sp³-hybridized carbons (Fsp3) is 0.500. The van der Waals surface area contributed by atoms with E-state index in [9.17, 15) is 4.79 Å². The molecule has 3 saturated carbocycles. The first-order chi connectivity index (χ1) is 14.4. The van der Waals surface area contributed by atoms with E-state index in [1.54, 1.807) is 0 Å². The van der Waals surface area contributed by atoms with Crippen LogP contribution >= 0.6 is 0 Å². The molecule has 7 atom stereocenters. The average molecular weight is 400 g/mol. The molecule has 0 radical (unpaired) electrons. The fourth-order valence-electron chi connectivity index (χ4n) is 9.06. The van der Waals surface area contributed by atoms with Gasteiger partial charge in [-0.05, 0) is 29.2 Å². The van der Waals surface area contributed by atoms with E-state index in [1.807, 2.05) is 19.1 Å². The van der Waals surface area contributed by atoms with Crippen LogP contribution < -0.4 is 0 Å². The van der Waals surface area contributed by atoms with Crippen molar-refractivity contribution in [3.63, 3.8) is 0 Å². The molecule has 2 heterocycles. The molecule has 2 spiro atoms. The second-order valence-electron chi connectivity index (χ2n) is 11.2. The number of carbonyl (C=O) groups excluding carboxylic acids is 1. The molecule has 152 valence electrons. The molecular weight excluding hydrogens is 374 g/mol. The minimum atomic E-state index is -0.734. The molecule has 2 aliphatic heterocycles. The van der Waals surface area contributed by atoms with Gasteiger partial charge in [0.05, 0.1) is 19.5 Å². The maximum Gasteiger partial charge on any atom is 0.321 e. The lowest BCUT2D eigenvalue weighted by Crippen LogP contribution is -2.87. The number of likely N-dealkylation sites (tertiary alicyclic amines) is 1. The predicted molar refractivity (Wildman–Crippen MR) is 111 cm³/mol. The highest BCUT2D eigenvalue weighted by Crippen LogP contribution is 2.93. The summed E-state index contributed by atoms with van der Waals surface area (Å²) in [5.74, 6) is 0.661. The first-order valence-corrected chi connectivity index (χ1v) is 11.3. The fourth-order valence-corrected chi connectivity index (χ4v) is 9.06. The number of hydrogen-bond donors (Lipinski definition) is 0. The van der Waals surface area contributed by atoms with Crippen molar-refractivity contribution in [3.8, 4) is 11.1 Å². The Kier molecular flexibility index (Phi) is 2.42. The Hall–Kier alpha value is -2.17. The summed E-state index contributed by atoms with van der Waals surface area (Å²) in [7, 11) is 4.70. The number of nitrogens with zero attached hydrogens (tertiary/aromatic N) is 1. The average Bonchev–Trinajstić information content (AvgIpc) is 3.48. The van der Waals surface area contributed by atoms with Gasteiger partial charge in [0, 0.05) is 18.8 Å². The van der Waals surface area contributed by atoms with E-state index in [1.165, 1.54) is 0 Å². The maximum absolute atomic E-state index is 13.8. The van der Waals surface area contributed by atoms with Crippen molar-refractivity contribution in [1.29, 1.82) is 0 Å². The van der Waals surface area contributed by atoms with Crippen LogP contribution in [0.3, 0.4) is 0 Å². The molecule has 30 heavy (non-hydrogen) atoms. The highest BCUT2D eigenvalue weighted by molar-refractivity contribution is 5.97. The lowest BCUT2D eigenvalue weighted by molar-refractivity contribution is -1.02. The number of benzene rings is 2. The Morgan fingerprint density at radius 2 is 1.70 bits per heavy atom. The summed E-state index contributed by atoms with van der Waals surface area (Å²) in [6, 6.07) is 17.8. The van der Waals surface area contributed by atoms with Crippen LogP contribution in [-0.4, -0.2) is 54.4 Å². The van der Waals surface area contributed by atoms with Gasteiger partial charge in [-0.15, -0.1) is 0 Å². The van der Waals surface area contributed by atoms with Crippen LogP contribution in [0.15, 0.2) is 48.5 Å². The Balaban J connectivity index is 1.13. The number of likely N-dealkylation sites (N-methyl/N-ethyl adjacent to an activating group) is 1. The summed E-state index contributed by atoms with van der Waals surface area (Å²) in [6.07, 6.45) is 2.57. The van der Waals surface area contributed by atoms with E-state index in [0.717, 1.165) is 45.5 Å². The maximum atomic E-state index is 13.8. The van der Waals surface area contributed by atoms with Crippen molar-refractivity contribution in [3.05, 3.63) is 59.7 Å². The Bertz CT molecular complexity index is 1140. The van der Waals surface area contributed by atoms with Gasteiger partial charge in [0.15, 0.2) is 5.60 Å². The standard InChI is InChI=1S/C26H26NO3/c1-24(17-10-6-4-8-15(17)16-9-5-7-11-18(16)24)23(28)29-14-12-19-25(13-14)20-21-26(20,30-21)22(25)27(19,2)3/h4-11,14,19-22H,12-13H2,1-3H3/q+1/t14-,19?,20?,21?,22?,25?,26+/m0/s1. The Labute approximate surface area is 176 Å². The molecule has 5 fully saturated rings. The molecule has 4 heteroatoms. The smallest absolute Gasteiger partial charge is 0.321 e. The van der Waals surface area contributed by atoms with Gasteiger partial charge in [0.2, 0.25) is 0 Å². The highest BCUT2D eigenvalue weighted by atomic mass is 16.7. The molecule has 5 unspecified atom stereocenters. The zero-order valence-electron chi connectivity index (χ0n) is 17.6. The van der Waals surface area contributed by atoms with E-state index in [-0.39, 0.29) is 17.7 Å². The van der Waals surface area contributed by atoms with Gasteiger partial charge in [-0.1, -0.05) is 48.5 Å². The van der Waals surface area contributed by atoms with Crippen LogP contribution in [0.25, 0.3) is 11.1 Å². The lowest BCUT2D eigenvalue weighted by atomic mass is 9.50. The summed E-state index contributed by atoms with van der Waals surface area (Å²) in [5.41, 5.74) is 4.34. The van der Waals surface area contributed by atoms with Gasteiger partial charge in [-0.25, -0.2) is 0 Å². The van der Waals surface area contributed by atoms with E-state index >= 15 is 0 Å². The first kappa shape index (κ1) is 16.5. The predicted octanol–water partition coefficient (Wildman–Crippen LogP) is 3.27. The summed E-state index contributed by atoms with van der Waals surface area (Å²) < 4.78 is 13.3. The molecular formula is C26H26NO3+. The number of carbonyl (C=O) groups is 1. The third-order valence-electron chi connectivity index (χ3n) is 9.97. The summed E-state index contributed by atoms with van der Waals surface area (Å²) in [5, 5.41) is 0. The summed E-state index contributed by atoms with van der Waals surface area (Å²) in [4.78, 5) is 13.8. The number of hydrogen-bond acceptors (Lipinski definition) is 3. The minimum Gasteiger partial charge on any atom is -0.461 e. The van der Waals surface area contributed by atoms with Crippen molar-refractivity contribution in [2.45, 2.75) is 55.1 Å². The topological polar surface area (TPSA) is 38.8 Å². The third-order valence-corrected chi connectivity index (χ3v) is 9.97. The number of piperidine rings is 1. The van der Waals surface area contributed by atoms with Crippen LogP contribution in [0, 0.1) is 11.3 Å². The van der Waals surface area contributed by atoms with Crippen LogP contribution in [0.1, 0.15) is 30.9 Å². The molecule has 2 saturated heterocycles. The molecule has 2 aromatic carbocycles. The van der Waals surface area contributed by atoms with Crippen molar-refractivity contribution in [2.24, 2.45) is 11.3 Å². The monoisotopic (exact) mass is 400 g/mol. The van der Waals surface area contributed by atoms with E-state index in [0.29, 0.717) is 23.6 Å². The van der Waals surface area contributed by atoms with Crippen molar-refractivity contribution >= 4 is 5.97 Å². The second-order valence-corrected chi connectivity index (χ2v) is 11.2. The van der Waals surface area contributed by atoms with E-state index < -0.39 is 5.41 Å². The van der Waals surface area contributed by atoms with Crippen LogP contribution in [0.4, 0.5) is 0 Å². The number of quaternary nitrogens is 1. The van der Waals surface area contributed by atoms with E-state index in [2.05, 4.69) is 50.5 Å². The van der Waals surface area contributed by atoms with Crippen LogP contribution in [-0.2, 0) is 19.7 Å². The first-order valence-electron chi connectivity index (χ1n) is 11.3. The molecule has 0 aromatic heterocycles. The van der Waals surface area contributed by atoms with Crippen LogP contribution in [0.2, 0.25) is 0 Å². The number of ether oxygens (including phenoxy) is 2. The largest absolute Gasteiger partial charge is 0.461 e. The minimum absolute atomic E-state index is 0.0269. The van der Waals surface area contributed by atoms with Gasteiger partial charge < -0.3 is 14.0 Å². The summed E-state index contributed by atoms with van der Waals surface area (Å²) in [6.45, 7) is 2.05. The second kappa shape index (κ2) is 4.39. The molecule has 6 aliphatic rings. The zero-order valence-corrected chi connectivity index (χ0v) is 17.6. The number of rotatable bonds is 2. The lowest BCUT2D eigenvalue weighted by Gasteiger charge is -2.71. The summed E-state index contributed by atoms with van der Waals surface area (Å²) >= 11 is 0. The molecule has 0 bridgehead atoms. The Morgan fingerprint density at radius 1 is 1.07 bits per heavy atom. The quantitative estimate of drug-likeness (QED) is 0.441.